The van der Waals surface area contributed by atoms with E-state index in [1.807, 2.05) is 0 Å². The van der Waals surface area contributed by atoms with E-state index < -0.39 is 0 Å². The van der Waals surface area contributed by atoms with E-state index in [9.17, 15) is 0 Å². The van der Waals surface area contributed by atoms with Crippen molar-refractivity contribution in [3.05, 3.63) is 320 Å². The maximum Gasteiger partial charge on any atom is 0.160 e. The smallest absolute Gasteiger partial charge is 0.160 e. The summed E-state index contributed by atoms with van der Waals surface area (Å²) in [5, 5.41) is 7.32. The standard InChI is InChI=1S/C106H101N5/c1-5-9-13-19-31-74-35-27-43-81(63-74)85-49-57-100-92(67-85)93-68-86(82-44-28-36-75(64-82)32-20-14-10-6-2)50-58-101(93)110(100)90-55-61-104-96(71-90)97-72-91(56-62-105(97)109(104)89-53-47-80(48-54-89)106-107-98(78-39-23-17-24-40-78)73-99(108-106)79-41-25-18-26-42-79)111-102-59-51-87(83-45-29-37-76(65-83)33-21-15-11-7-3)69-94(102)95-70-88(52-60-103(95)111)84-46-30-38-77(66-84)34-22-16-12-8-4/h17-18,23-30,35-73H,5-16,19-22,31-34H2,1-4H3. The zero-order valence-electron chi connectivity index (χ0n) is 65.2. The number of rotatable bonds is 30. The molecule has 111 heavy (non-hydrogen) atoms. The molecule has 550 valence electrons. The van der Waals surface area contributed by atoms with Crippen molar-refractivity contribution in [1.82, 2.24) is 23.7 Å². The van der Waals surface area contributed by atoms with E-state index in [2.05, 4.69) is 339 Å². The lowest BCUT2D eigenvalue weighted by Crippen LogP contribution is -1.98. The molecular formula is C106H101N5. The number of benzene rings is 13. The summed E-state index contributed by atoms with van der Waals surface area (Å²) in [6.45, 7) is 9.18. The Kier molecular flexibility index (Phi) is 21.6. The zero-order valence-corrected chi connectivity index (χ0v) is 65.2. The molecule has 0 fully saturated rings. The molecule has 0 aliphatic rings. The van der Waals surface area contributed by atoms with Gasteiger partial charge in [-0.05, 0) is 233 Å². The molecule has 0 aliphatic heterocycles. The van der Waals surface area contributed by atoms with Gasteiger partial charge < -0.3 is 13.7 Å². The van der Waals surface area contributed by atoms with Gasteiger partial charge in [0.2, 0.25) is 0 Å². The highest BCUT2D eigenvalue weighted by atomic mass is 15.0. The molecule has 0 amide bonds. The summed E-state index contributed by atoms with van der Waals surface area (Å²) >= 11 is 0. The van der Waals surface area contributed by atoms with Crippen molar-refractivity contribution < 1.29 is 0 Å². The fourth-order valence-corrected chi connectivity index (χ4v) is 17.4. The third-order valence-corrected chi connectivity index (χ3v) is 23.3. The Morgan fingerprint density at radius 3 is 0.775 bits per heavy atom. The van der Waals surface area contributed by atoms with Gasteiger partial charge in [-0.2, -0.15) is 0 Å². The summed E-state index contributed by atoms with van der Waals surface area (Å²) in [6.07, 6.45) is 24.4. The maximum absolute atomic E-state index is 5.28. The summed E-state index contributed by atoms with van der Waals surface area (Å²) in [5.74, 6) is 0.685. The summed E-state index contributed by atoms with van der Waals surface area (Å²) in [7, 11) is 0. The molecule has 0 spiro atoms. The lowest BCUT2D eigenvalue weighted by molar-refractivity contribution is 0.667. The number of hydrogen-bond donors (Lipinski definition) is 0. The van der Waals surface area contributed by atoms with E-state index in [0.717, 1.165) is 81.9 Å². The predicted octanol–water partition coefficient (Wildman–Crippen LogP) is 29.9. The van der Waals surface area contributed by atoms with Crippen LogP contribution in [0.2, 0.25) is 0 Å². The molecule has 0 unspecified atom stereocenters. The van der Waals surface area contributed by atoms with Crippen LogP contribution in [0.4, 0.5) is 0 Å². The Hall–Kier alpha value is -11.7. The SMILES string of the molecule is CCCCCCc1cccc(-c2ccc3c(c2)c2cc(-c4cccc(CCCCCC)c4)ccc2n3-c2ccc3c(c2)c2cc(-n4c5ccc(-c6cccc(CCCCCC)c6)cc5c5cc(-c6cccc(CCCCCC)c6)ccc54)ccc2n3-c2ccc(-c3nc(-c4ccccc4)cc(-c4ccccc4)n3)cc2)c1. The minimum atomic E-state index is 0.685. The average Bonchev–Trinajstić information content (AvgIpc) is 1.56. The van der Waals surface area contributed by atoms with Crippen LogP contribution in [0.5, 0.6) is 0 Å². The quantitative estimate of drug-likeness (QED) is 0.0421. The van der Waals surface area contributed by atoms with Gasteiger partial charge in [-0.1, -0.05) is 287 Å². The first-order chi connectivity index (χ1) is 54.8. The van der Waals surface area contributed by atoms with Gasteiger partial charge in [-0.15, -0.1) is 0 Å². The number of hydrogen-bond acceptors (Lipinski definition) is 2. The van der Waals surface area contributed by atoms with Gasteiger partial charge in [0, 0.05) is 66.1 Å². The fourth-order valence-electron chi connectivity index (χ4n) is 17.4. The Morgan fingerprint density at radius 2 is 0.459 bits per heavy atom. The number of unbranched alkanes of at least 4 members (excludes halogenated alkanes) is 12. The summed E-state index contributed by atoms with van der Waals surface area (Å²) < 4.78 is 7.54. The van der Waals surface area contributed by atoms with E-state index in [1.54, 1.807) is 0 Å². The van der Waals surface area contributed by atoms with E-state index in [0.29, 0.717) is 5.82 Å². The molecule has 0 radical (unpaired) electrons. The van der Waals surface area contributed by atoms with Gasteiger partial charge in [0.15, 0.2) is 5.82 Å². The fraction of sp³-hybridized carbons (Fsp3) is 0.226. The minimum absolute atomic E-state index is 0.685. The number of nitrogens with zero attached hydrogens (tertiary/aromatic N) is 5. The van der Waals surface area contributed by atoms with E-state index in [1.165, 1.54) is 224 Å². The molecule has 0 atom stereocenters. The van der Waals surface area contributed by atoms with Crippen molar-refractivity contribution in [2.45, 2.75) is 156 Å². The normalized spacial score (nSPS) is 11.8. The third kappa shape index (κ3) is 15.3. The number of aromatic nitrogens is 5. The molecule has 4 heterocycles. The average molecular weight is 1450 g/mol. The summed E-state index contributed by atoms with van der Waals surface area (Å²) in [4.78, 5) is 10.6. The van der Waals surface area contributed by atoms with Crippen molar-refractivity contribution >= 4 is 65.4 Å². The largest absolute Gasteiger partial charge is 0.309 e. The van der Waals surface area contributed by atoms with Crippen LogP contribution in [0.1, 0.15) is 153 Å². The first-order valence-electron chi connectivity index (χ1n) is 41.6. The van der Waals surface area contributed by atoms with Crippen LogP contribution < -0.4 is 0 Å². The number of aryl methyl sites for hydroxylation is 4. The Labute approximate surface area is 656 Å². The molecule has 0 saturated carbocycles. The molecule has 17 rings (SSSR count). The molecule has 5 nitrogen and oxygen atoms in total. The maximum atomic E-state index is 5.28. The van der Waals surface area contributed by atoms with Crippen molar-refractivity contribution in [3.8, 4) is 95.5 Å². The molecule has 0 saturated heterocycles. The molecule has 17 aromatic rings. The van der Waals surface area contributed by atoms with Crippen LogP contribution in [0.3, 0.4) is 0 Å². The second-order valence-corrected chi connectivity index (χ2v) is 31.1. The summed E-state index contributed by atoms with van der Waals surface area (Å²) in [5.41, 5.74) is 30.7. The second-order valence-electron chi connectivity index (χ2n) is 31.1. The molecule has 0 aliphatic carbocycles. The molecule has 5 heteroatoms. The summed E-state index contributed by atoms with van der Waals surface area (Å²) in [6, 6.07) is 113. The molecule has 0 bridgehead atoms. The minimum Gasteiger partial charge on any atom is -0.309 e. The Morgan fingerprint density at radius 1 is 0.198 bits per heavy atom. The second kappa shape index (κ2) is 33.3. The van der Waals surface area contributed by atoms with Crippen LogP contribution >= 0.6 is 0 Å². The van der Waals surface area contributed by atoms with Crippen molar-refractivity contribution in [1.29, 1.82) is 0 Å². The topological polar surface area (TPSA) is 40.6 Å². The van der Waals surface area contributed by atoms with Gasteiger partial charge in [0.25, 0.3) is 0 Å². The third-order valence-electron chi connectivity index (χ3n) is 23.3. The molecule has 4 aromatic heterocycles. The van der Waals surface area contributed by atoms with Gasteiger partial charge >= 0.3 is 0 Å². The predicted molar refractivity (Wildman–Crippen MR) is 474 cm³/mol. The van der Waals surface area contributed by atoms with Gasteiger partial charge in [0.1, 0.15) is 0 Å². The zero-order chi connectivity index (χ0) is 75.0. The highest BCUT2D eigenvalue weighted by molar-refractivity contribution is 6.16. The Balaban J connectivity index is 0.848. The molecular weight excluding hydrogens is 1340 g/mol. The highest BCUT2D eigenvalue weighted by Crippen LogP contribution is 2.44. The van der Waals surface area contributed by atoms with Crippen LogP contribution in [0.15, 0.2) is 297 Å². The Bertz CT molecular complexity index is 5570. The van der Waals surface area contributed by atoms with Gasteiger partial charge in [-0.25, -0.2) is 9.97 Å². The van der Waals surface area contributed by atoms with E-state index in [-0.39, 0.29) is 0 Å². The number of fused-ring (bicyclic) bond motifs is 9. The molecule has 13 aromatic carbocycles. The van der Waals surface area contributed by atoms with Gasteiger partial charge in [0.05, 0.1) is 44.5 Å². The van der Waals surface area contributed by atoms with Crippen LogP contribution in [-0.4, -0.2) is 23.7 Å². The van der Waals surface area contributed by atoms with E-state index in [4.69, 9.17) is 9.97 Å². The monoisotopic (exact) mass is 1440 g/mol. The van der Waals surface area contributed by atoms with Crippen molar-refractivity contribution in [2.24, 2.45) is 0 Å². The van der Waals surface area contributed by atoms with Crippen molar-refractivity contribution in [2.75, 3.05) is 0 Å². The highest BCUT2D eigenvalue weighted by Gasteiger charge is 2.23. The van der Waals surface area contributed by atoms with E-state index >= 15 is 0 Å². The lowest BCUT2D eigenvalue weighted by Gasteiger charge is -2.12. The first kappa shape index (κ1) is 72.2. The molecule has 0 N–H and O–H groups in total. The van der Waals surface area contributed by atoms with Gasteiger partial charge in [-0.3, -0.25) is 0 Å². The van der Waals surface area contributed by atoms with Crippen LogP contribution in [-0.2, 0) is 25.7 Å². The first-order valence-corrected chi connectivity index (χ1v) is 41.6. The lowest BCUT2D eigenvalue weighted by atomic mass is 9.97. The van der Waals surface area contributed by atoms with Crippen LogP contribution in [0, 0.1) is 0 Å². The van der Waals surface area contributed by atoms with Crippen LogP contribution in [0.25, 0.3) is 161 Å². The van der Waals surface area contributed by atoms with Crippen molar-refractivity contribution in [3.63, 3.8) is 0 Å².